The van der Waals surface area contributed by atoms with Crippen LogP contribution in [0.3, 0.4) is 0 Å². The second-order valence-electron chi connectivity index (χ2n) is 4.40. The van der Waals surface area contributed by atoms with E-state index in [0.717, 1.165) is 19.4 Å². The van der Waals surface area contributed by atoms with Gasteiger partial charge in [-0.1, -0.05) is 13.8 Å². The van der Waals surface area contributed by atoms with Crippen LogP contribution in [0.2, 0.25) is 0 Å². The summed E-state index contributed by atoms with van der Waals surface area (Å²) in [6.07, 6.45) is 1.78. The molecule has 14 heavy (non-hydrogen) atoms. The molecule has 4 heteroatoms. The molecule has 0 aromatic rings. The molecule has 0 radical (unpaired) electrons. The van der Waals surface area contributed by atoms with Gasteiger partial charge in [0.05, 0.1) is 12.6 Å². The third kappa shape index (κ3) is 3.64. The summed E-state index contributed by atoms with van der Waals surface area (Å²) in [6, 6.07) is 0.0783. The van der Waals surface area contributed by atoms with Crippen molar-refractivity contribution in [2.24, 2.45) is 5.92 Å². The highest BCUT2D eigenvalue weighted by atomic mass is 16.5. The third-order valence-electron chi connectivity index (χ3n) is 2.40. The highest BCUT2D eigenvalue weighted by Crippen LogP contribution is 2.05. The first kappa shape index (κ1) is 11.5. The van der Waals surface area contributed by atoms with Crippen LogP contribution in [0.5, 0.6) is 0 Å². The number of ether oxygens (including phenoxy) is 1. The van der Waals surface area contributed by atoms with Gasteiger partial charge in [0.1, 0.15) is 0 Å². The lowest BCUT2D eigenvalue weighted by Crippen LogP contribution is -2.68. The molecule has 2 atom stereocenters. The topological polar surface area (TPSA) is 66.0 Å². The van der Waals surface area contributed by atoms with E-state index in [2.05, 4.69) is 24.9 Å². The highest BCUT2D eigenvalue weighted by molar-refractivity contribution is 5.80. The van der Waals surface area contributed by atoms with Crippen LogP contribution in [0.1, 0.15) is 26.7 Å². The van der Waals surface area contributed by atoms with E-state index in [4.69, 9.17) is 4.74 Å². The molecule has 0 aromatic heterocycles. The molecule has 82 valence electrons. The van der Waals surface area contributed by atoms with E-state index in [1.165, 1.54) is 0 Å². The molecule has 1 fully saturated rings. The lowest BCUT2D eigenvalue weighted by atomic mass is 10.0. The summed E-state index contributed by atoms with van der Waals surface area (Å²) in [4.78, 5) is 11.6. The Morgan fingerprint density at radius 1 is 1.64 bits per heavy atom. The first-order valence-electron chi connectivity index (χ1n) is 5.30. The normalized spacial score (nSPS) is 23.9. The Hall–Kier alpha value is -0.610. The average molecular weight is 201 g/mol. The fourth-order valence-corrected chi connectivity index (χ4v) is 1.64. The molecule has 1 aliphatic heterocycles. The molecular formula is C10H21N2O2+. The summed E-state index contributed by atoms with van der Waals surface area (Å²) in [5.74, 6) is 0.581. The first-order valence-corrected chi connectivity index (χ1v) is 5.30. The standard InChI is InChI=1S/C10H20N2O2/c1-7(2)5-9(11)10(13)12-8-3-4-14-6-8/h7-9H,3-6,11H2,1-2H3,(H,12,13)/p+1/t8-,9-/m0/s1. The van der Waals surface area contributed by atoms with Crippen LogP contribution in [-0.2, 0) is 9.53 Å². The molecular weight excluding hydrogens is 180 g/mol. The molecule has 1 heterocycles. The van der Waals surface area contributed by atoms with Gasteiger partial charge in [0.25, 0.3) is 5.91 Å². The molecule has 0 spiro atoms. The van der Waals surface area contributed by atoms with Gasteiger partial charge in [0.15, 0.2) is 6.04 Å². The van der Waals surface area contributed by atoms with Crippen LogP contribution in [0.25, 0.3) is 0 Å². The number of amides is 1. The van der Waals surface area contributed by atoms with Gasteiger partial charge in [-0.3, -0.25) is 4.79 Å². The fourth-order valence-electron chi connectivity index (χ4n) is 1.64. The molecule has 0 aromatic carbocycles. The second-order valence-corrected chi connectivity index (χ2v) is 4.40. The summed E-state index contributed by atoms with van der Waals surface area (Å²) in [6.45, 7) is 5.62. The first-order chi connectivity index (χ1) is 6.59. The maximum Gasteiger partial charge on any atom is 0.278 e. The molecule has 0 bridgehead atoms. The minimum Gasteiger partial charge on any atom is -0.379 e. The maximum atomic E-state index is 11.6. The minimum atomic E-state index is -0.129. The molecule has 1 saturated heterocycles. The van der Waals surface area contributed by atoms with Crippen LogP contribution in [-0.4, -0.2) is 31.2 Å². The Morgan fingerprint density at radius 2 is 2.36 bits per heavy atom. The second kappa shape index (κ2) is 5.32. The van der Waals surface area contributed by atoms with E-state index in [1.54, 1.807) is 0 Å². The SMILES string of the molecule is CC(C)C[C@H]([NH3+])C(=O)N[C@H]1CCOC1. The summed E-state index contributed by atoms with van der Waals surface area (Å²) >= 11 is 0. The molecule has 1 aliphatic rings. The van der Waals surface area contributed by atoms with Gasteiger partial charge >= 0.3 is 0 Å². The van der Waals surface area contributed by atoms with Crippen LogP contribution in [0.4, 0.5) is 0 Å². The summed E-state index contributed by atoms with van der Waals surface area (Å²) in [5.41, 5.74) is 3.87. The predicted molar refractivity (Wildman–Crippen MR) is 53.5 cm³/mol. The van der Waals surface area contributed by atoms with Crippen molar-refractivity contribution >= 4 is 5.91 Å². The quantitative estimate of drug-likeness (QED) is 0.647. The fraction of sp³-hybridized carbons (Fsp3) is 0.900. The molecule has 1 amide bonds. The monoisotopic (exact) mass is 201 g/mol. The van der Waals surface area contributed by atoms with Crippen LogP contribution in [0, 0.1) is 5.92 Å². The Morgan fingerprint density at radius 3 is 2.86 bits per heavy atom. The number of hydrogen-bond donors (Lipinski definition) is 2. The summed E-state index contributed by atoms with van der Waals surface area (Å²) in [7, 11) is 0. The van der Waals surface area contributed by atoms with E-state index < -0.39 is 0 Å². The van der Waals surface area contributed by atoms with E-state index in [9.17, 15) is 4.79 Å². The zero-order valence-electron chi connectivity index (χ0n) is 9.08. The number of carbonyl (C=O) groups excluding carboxylic acids is 1. The summed E-state index contributed by atoms with van der Waals surface area (Å²) in [5, 5.41) is 2.96. The zero-order chi connectivity index (χ0) is 10.6. The van der Waals surface area contributed by atoms with Crippen LogP contribution >= 0.6 is 0 Å². The number of rotatable bonds is 4. The van der Waals surface area contributed by atoms with E-state index in [1.807, 2.05) is 0 Å². The molecule has 4 nitrogen and oxygen atoms in total. The van der Waals surface area contributed by atoms with Crippen molar-refractivity contribution in [1.29, 1.82) is 0 Å². The van der Waals surface area contributed by atoms with Gasteiger partial charge in [0.2, 0.25) is 0 Å². The lowest BCUT2D eigenvalue weighted by Gasteiger charge is -2.14. The van der Waals surface area contributed by atoms with Crippen molar-refractivity contribution in [3.05, 3.63) is 0 Å². The van der Waals surface area contributed by atoms with Gasteiger partial charge < -0.3 is 15.8 Å². The Kier molecular flexibility index (Phi) is 4.35. The molecule has 0 saturated carbocycles. The van der Waals surface area contributed by atoms with Crippen molar-refractivity contribution in [1.82, 2.24) is 5.32 Å². The Bertz CT molecular complexity index is 189. The smallest absolute Gasteiger partial charge is 0.278 e. The van der Waals surface area contributed by atoms with Gasteiger partial charge in [0, 0.05) is 13.0 Å². The van der Waals surface area contributed by atoms with Crippen LogP contribution < -0.4 is 11.1 Å². The van der Waals surface area contributed by atoms with Gasteiger partial charge in [-0.15, -0.1) is 0 Å². The van der Waals surface area contributed by atoms with Gasteiger partial charge in [-0.2, -0.15) is 0 Å². The maximum absolute atomic E-state index is 11.6. The minimum absolute atomic E-state index is 0.0641. The van der Waals surface area contributed by atoms with Crippen molar-refractivity contribution in [2.45, 2.75) is 38.8 Å². The Labute approximate surface area is 85.2 Å². The van der Waals surface area contributed by atoms with Gasteiger partial charge in [-0.05, 0) is 12.3 Å². The predicted octanol–water partition coefficient (Wildman–Crippen LogP) is -0.452. The largest absolute Gasteiger partial charge is 0.379 e. The number of quaternary nitrogens is 1. The van der Waals surface area contributed by atoms with Gasteiger partial charge in [-0.25, -0.2) is 0 Å². The third-order valence-corrected chi connectivity index (χ3v) is 2.40. The van der Waals surface area contributed by atoms with Crippen molar-refractivity contribution in [3.8, 4) is 0 Å². The number of hydrogen-bond acceptors (Lipinski definition) is 2. The summed E-state index contributed by atoms with van der Waals surface area (Å²) < 4.78 is 5.18. The van der Waals surface area contributed by atoms with Crippen molar-refractivity contribution < 1.29 is 15.3 Å². The molecule has 0 aliphatic carbocycles. The molecule has 1 rings (SSSR count). The Balaban J connectivity index is 2.25. The van der Waals surface area contributed by atoms with Crippen molar-refractivity contribution in [3.63, 3.8) is 0 Å². The number of carbonyl (C=O) groups is 1. The lowest BCUT2D eigenvalue weighted by molar-refractivity contribution is -0.406. The average Bonchev–Trinajstić information content (AvgIpc) is 2.55. The zero-order valence-corrected chi connectivity index (χ0v) is 9.08. The van der Waals surface area contributed by atoms with Crippen molar-refractivity contribution in [2.75, 3.05) is 13.2 Å². The molecule has 4 N–H and O–H groups in total. The van der Waals surface area contributed by atoms with Crippen LogP contribution in [0.15, 0.2) is 0 Å². The van der Waals surface area contributed by atoms with E-state index in [-0.39, 0.29) is 18.0 Å². The highest BCUT2D eigenvalue weighted by Gasteiger charge is 2.23. The molecule has 0 unspecified atom stereocenters. The van der Waals surface area contributed by atoms with E-state index >= 15 is 0 Å². The van der Waals surface area contributed by atoms with E-state index in [0.29, 0.717) is 12.5 Å². The number of nitrogens with one attached hydrogen (secondary N) is 1.